The summed E-state index contributed by atoms with van der Waals surface area (Å²) in [5.74, 6) is -0.0205. The van der Waals surface area contributed by atoms with Crippen molar-refractivity contribution >= 4 is 34.7 Å². The second kappa shape index (κ2) is 9.87. The van der Waals surface area contributed by atoms with Crippen LogP contribution in [-0.4, -0.2) is 62.4 Å². The Morgan fingerprint density at radius 3 is 2.70 bits per heavy atom. The van der Waals surface area contributed by atoms with Crippen LogP contribution in [0.4, 0.5) is 21.7 Å². The van der Waals surface area contributed by atoms with Crippen molar-refractivity contribution in [3.63, 3.8) is 0 Å². The Balaban J connectivity index is 1.32. The van der Waals surface area contributed by atoms with Crippen molar-refractivity contribution in [1.82, 2.24) is 24.3 Å². The molecular weight excluding hydrogens is 515 g/mol. The Morgan fingerprint density at radius 2 is 1.98 bits per heavy atom. The van der Waals surface area contributed by atoms with E-state index in [-0.39, 0.29) is 34.6 Å². The lowest BCUT2D eigenvalue weighted by Crippen LogP contribution is -2.55. The molecule has 0 bridgehead atoms. The summed E-state index contributed by atoms with van der Waals surface area (Å²) < 4.78 is 22.7. The van der Waals surface area contributed by atoms with Gasteiger partial charge in [-0.2, -0.15) is 0 Å². The molecular formula is C28H29FN8O3. The molecule has 1 unspecified atom stereocenters. The van der Waals surface area contributed by atoms with Crippen LogP contribution in [0.25, 0.3) is 16.8 Å². The molecule has 2 fully saturated rings. The van der Waals surface area contributed by atoms with Gasteiger partial charge in [-0.15, -0.1) is 0 Å². The Bertz CT molecular complexity index is 1630. The summed E-state index contributed by atoms with van der Waals surface area (Å²) in [7, 11) is 0. The van der Waals surface area contributed by atoms with E-state index in [9.17, 15) is 9.59 Å². The third-order valence-electron chi connectivity index (χ3n) is 7.55. The molecule has 2 aliphatic heterocycles. The molecule has 5 heterocycles. The Morgan fingerprint density at radius 1 is 1.15 bits per heavy atom. The van der Waals surface area contributed by atoms with E-state index in [0.29, 0.717) is 49.0 Å². The monoisotopic (exact) mass is 544 g/mol. The Labute approximate surface area is 229 Å². The number of nitrogens with one attached hydrogen (secondary N) is 1. The predicted molar refractivity (Wildman–Crippen MR) is 147 cm³/mol. The van der Waals surface area contributed by atoms with Crippen molar-refractivity contribution in [3.05, 3.63) is 66.1 Å². The SMILES string of the molecule is CC1(C(=O)N2CCCC(c3nc(-c4ccc(C(=O)Nc5cc(N)ccn5)cc4F)c4c(N)nccn34)C2)COC1. The Hall–Kier alpha value is -4.58. The normalized spacial score (nSPS) is 18.4. The first-order valence-electron chi connectivity index (χ1n) is 13.1. The summed E-state index contributed by atoms with van der Waals surface area (Å²) in [6, 6.07) is 7.28. The van der Waals surface area contributed by atoms with Crippen LogP contribution in [0.1, 0.15) is 41.9 Å². The number of ether oxygens (including phenoxy) is 1. The number of amides is 2. The number of carbonyl (C=O) groups is 2. The zero-order chi connectivity index (χ0) is 28.0. The smallest absolute Gasteiger partial charge is 0.256 e. The van der Waals surface area contributed by atoms with Crippen LogP contribution in [0, 0.1) is 11.2 Å². The van der Waals surface area contributed by atoms with Crippen molar-refractivity contribution in [1.29, 1.82) is 0 Å². The van der Waals surface area contributed by atoms with E-state index in [2.05, 4.69) is 15.3 Å². The minimum Gasteiger partial charge on any atom is -0.399 e. The first-order chi connectivity index (χ1) is 19.2. The van der Waals surface area contributed by atoms with Crippen LogP contribution in [0.3, 0.4) is 0 Å². The van der Waals surface area contributed by atoms with Gasteiger partial charge in [0.05, 0.1) is 18.6 Å². The molecule has 1 atom stereocenters. The van der Waals surface area contributed by atoms with Gasteiger partial charge in [0.25, 0.3) is 5.91 Å². The lowest BCUT2D eigenvalue weighted by molar-refractivity contribution is -0.169. The van der Waals surface area contributed by atoms with E-state index < -0.39 is 17.1 Å². The van der Waals surface area contributed by atoms with Gasteiger partial charge in [-0.1, -0.05) is 0 Å². The van der Waals surface area contributed by atoms with Crippen LogP contribution >= 0.6 is 0 Å². The number of imidazole rings is 1. The maximum absolute atomic E-state index is 15.6. The number of hydrogen-bond acceptors (Lipinski definition) is 8. The number of carbonyl (C=O) groups excluding carboxylic acids is 2. The van der Waals surface area contributed by atoms with Crippen molar-refractivity contribution in [2.24, 2.45) is 5.41 Å². The molecule has 0 radical (unpaired) electrons. The average molecular weight is 545 g/mol. The van der Waals surface area contributed by atoms with Crippen LogP contribution in [0.15, 0.2) is 48.9 Å². The second-order valence-electron chi connectivity index (χ2n) is 10.6. The molecule has 2 aliphatic rings. The molecule has 12 heteroatoms. The summed E-state index contributed by atoms with van der Waals surface area (Å²) >= 11 is 0. The fraction of sp³-hybridized carbons (Fsp3) is 0.321. The molecule has 5 N–H and O–H groups in total. The Kier molecular flexibility index (Phi) is 6.34. The highest BCUT2D eigenvalue weighted by molar-refractivity contribution is 6.04. The topological polar surface area (TPSA) is 154 Å². The third kappa shape index (κ3) is 4.49. The quantitative estimate of drug-likeness (QED) is 0.346. The zero-order valence-corrected chi connectivity index (χ0v) is 21.9. The lowest BCUT2D eigenvalue weighted by Gasteiger charge is -2.42. The van der Waals surface area contributed by atoms with Gasteiger partial charge in [0, 0.05) is 60.5 Å². The fourth-order valence-electron chi connectivity index (χ4n) is 5.40. The molecule has 2 amide bonds. The predicted octanol–water partition coefficient (Wildman–Crippen LogP) is 3.09. The van der Waals surface area contributed by atoms with Crippen LogP contribution in [-0.2, 0) is 9.53 Å². The van der Waals surface area contributed by atoms with E-state index in [1.54, 1.807) is 18.5 Å². The van der Waals surface area contributed by atoms with E-state index in [1.165, 1.54) is 24.4 Å². The number of piperidine rings is 1. The molecule has 6 rings (SSSR count). The largest absolute Gasteiger partial charge is 0.399 e. The van der Waals surface area contributed by atoms with E-state index in [0.717, 1.165) is 18.9 Å². The number of anilines is 3. The van der Waals surface area contributed by atoms with Gasteiger partial charge in [-0.05, 0) is 44.0 Å². The summed E-state index contributed by atoms with van der Waals surface area (Å²) in [4.78, 5) is 40.9. The minimum absolute atomic E-state index is 0.0794. The molecule has 206 valence electrons. The van der Waals surface area contributed by atoms with E-state index in [4.69, 9.17) is 21.2 Å². The van der Waals surface area contributed by atoms with Gasteiger partial charge in [-0.25, -0.2) is 19.3 Å². The number of halogens is 1. The van der Waals surface area contributed by atoms with Crippen molar-refractivity contribution in [3.8, 4) is 11.3 Å². The summed E-state index contributed by atoms with van der Waals surface area (Å²) in [6.07, 6.45) is 6.43. The highest BCUT2D eigenvalue weighted by Gasteiger charge is 2.44. The van der Waals surface area contributed by atoms with Gasteiger partial charge in [-0.3, -0.25) is 14.0 Å². The number of nitrogens with zero attached hydrogens (tertiary/aromatic N) is 5. The number of rotatable bonds is 5. The number of aromatic nitrogens is 4. The maximum atomic E-state index is 15.6. The first kappa shape index (κ1) is 25.7. The van der Waals surface area contributed by atoms with E-state index >= 15 is 4.39 Å². The lowest BCUT2D eigenvalue weighted by atomic mass is 9.85. The number of likely N-dealkylation sites (tertiary alicyclic amines) is 1. The van der Waals surface area contributed by atoms with Crippen LogP contribution in [0.5, 0.6) is 0 Å². The van der Waals surface area contributed by atoms with Crippen LogP contribution in [0.2, 0.25) is 0 Å². The zero-order valence-electron chi connectivity index (χ0n) is 21.9. The highest BCUT2D eigenvalue weighted by atomic mass is 19.1. The van der Waals surface area contributed by atoms with Gasteiger partial charge in [0.1, 0.15) is 34.5 Å². The maximum Gasteiger partial charge on any atom is 0.256 e. The molecule has 4 aromatic rings. The fourth-order valence-corrected chi connectivity index (χ4v) is 5.40. The average Bonchev–Trinajstić information content (AvgIpc) is 3.32. The molecule has 0 spiro atoms. The molecule has 3 aromatic heterocycles. The summed E-state index contributed by atoms with van der Waals surface area (Å²) in [5, 5.41) is 2.62. The number of fused-ring (bicyclic) bond motifs is 1. The van der Waals surface area contributed by atoms with Crippen LogP contribution < -0.4 is 16.8 Å². The number of nitrogen functional groups attached to an aromatic ring is 2. The minimum atomic E-state index is -0.638. The molecule has 11 nitrogen and oxygen atoms in total. The first-order valence-corrected chi connectivity index (χ1v) is 13.1. The van der Waals surface area contributed by atoms with Gasteiger partial charge < -0.3 is 26.4 Å². The van der Waals surface area contributed by atoms with Gasteiger partial charge in [0.15, 0.2) is 0 Å². The standard InChI is InChI=1S/C28H29FN8O3/c1-28(14-40-15-28)27(39)36-9-2-3-17(13-36)25-35-22(23-24(31)33-8-10-37(23)25)19-5-4-16(11-20(19)29)26(38)34-21-12-18(30)6-7-32-21/h4-8,10-12,17H,2-3,9,13-15H2,1H3,(H2,31,33)(H3,30,32,34,38). The number of benzene rings is 1. The number of hydrogen-bond donors (Lipinski definition) is 3. The van der Waals surface area contributed by atoms with Gasteiger partial charge >= 0.3 is 0 Å². The second-order valence-corrected chi connectivity index (χ2v) is 10.6. The molecule has 0 saturated carbocycles. The van der Waals surface area contributed by atoms with Crippen molar-refractivity contribution < 1.29 is 18.7 Å². The molecule has 1 aromatic carbocycles. The summed E-state index contributed by atoms with van der Waals surface area (Å²) in [5.41, 5.74) is 13.1. The summed E-state index contributed by atoms with van der Waals surface area (Å²) in [6.45, 7) is 3.95. The molecule has 2 saturated heterocycles. The number of nitrogens with two attached hydrogens (primary N) is 2. The number of pyridine rings is 1. The van der Waals surface area contributed by atoms with Crippen molar-refractivity contribution in [2.75, 3.05) is 43.1 Å². The van der Waals surface area contributed by atoms with Gasteiger partial charge in [0.2, 0.25) is 5.91 Å². The highest BCUT2D eigenvalue weighted by Crippen LogP contribution is 2.37. The van der Waals surface area contributed by atoms with Crippen molar-refractivity contribution in [2.45, 2.75) is 25.7 Å². The molecule has 40 heavy (non-hydrogen) atoms. The molecule has 0 aliphatic carbocycles. The van der Waals surface area contributed by atoms with E-state index in [1.807, 2.05) is 16.2 Å². The third-order valence-corrected chi connectivity index (χ3v) is 7.55.